The molecule has 7 nitrogen and oxygen atoms in total. The fourth-order valence-corrected chi connectivity index (χ4v) is 3.91. The fourth-order valence-electron chi connectivity index (χ4n) is 3.05. The van der Waals surface area contributed by atoms with Crippen LogP contribution in [0, 0.1) is 0 Å². The summed E-state index contributed by atoms with van der Waals surface area (Å²) in [6.07, 6.45) is 1.15. The topological polar surface area (TPSA) is 84.9 Å². The van der Waals surface area contributed by atoms with Crippen molar-refractivity contribution >= 4 is 21.6 Å². The van der Waals surface area contributed by atoms with Crippen LogP contribution in [-0.2, 0) is 21.4 Å². The van der Waals surface area contributed by atoms with Crippen molar-refractivity contribution < 1.29 is 22.7 Å². The number of nitrogens with one attached hydrogen (secondary N) is 1. The lowest BCUT2D eigenvalue weighted by atomic mass is 10.2. The second-order valence-electron chi connectivity index (χ2n) is 7.77. The van der Waals surface area contributed by atoms with E-state index in [0.29, 0.717) is 17.2 Å². The highest BCUT2D eigenvalue weighted by molar-refractivity contribution is 7.92. The van der Waals surface area contributed by atoms with Gasteiger partial charge in [0.05, 0.1) is 18.0 Å². The molecule has 0 aromatic heterocycles. The third-order valence-corrected chi connectivity index (χ3v) is 5.72. The summed E-state index contributed by atoms with van der Waals surface area (Å²) in [5.74, 6) is 1.58. The Balaban J connectivity index is 1.61. The third kappa shape index (κ3) is 7.54. The van der Waals surface area contributed by atoms with Crippen LogP contribution in [0.1, 0.15) is 19.4 Å². The van der Waals surface area contributed by atoms with Crippen LogP contribution in [0.4, 0.5) is 5.69 Å². The molecule has 0 aliphatic carbocycles. The first-order chi connectivity index (χ1) is 15.7. The SMILES string of the molecule is CC(C)Oc1ccc(CNC(=O)CN(c2ccc(Oc3ccccc3)cc2)S(C)(=O)=O)cc1. The zero-order valence-electron chi connectivity index (χ0n) is 18.9. The fraction of sp³-hybridized carbons (Fsp3) is 0.240. The summed E-state index contributed by atoms with van der Waals surface area (Å²) in [5, 5.41) is 2.77. The zero-order chi connectivity index (χ0) is 23.8. The molecular weight excluding hydrogens is 440 g/mol. The van der Waals surface area contributed by atoms with Crippen molar-refractivity contribution in [3.63, 3.8) is 0 Å². The van der Waals surface area contributed by atoms with Crippen molar-refractivity contribution in [2.75, 3.05) is 17.1 Å². The van der Waals surface area contributed by atoms with Crippen LogP contribution in [0.5, 0.6) is 17.2 Å². The summed E-state index contributed by atoms with van der Waals surface area (Å²) in [6, 6.07) is 23.2. The van der Waals surface area contributed by atoms with Crippen molar-refractivity contribution in [1.82, 2.24) is 5.32 Å². The van der Waals surface area contributed by atoms with Gasteiger partial charge in [-0.2, -0.15) is 0 Å². The van der Waals surface area contributed by atoms with Crippen LogP contribution in [0.25, 0.3) is 0 Å². The molecule has 1 amide bonds. The predicted molar refractivity (Wildman–Crippen MR) is 129 cm³/mol. The Kier molecular flexibility index (Phi) is 7.95. The number of ether oxygens (including phenoxy) is 2. The molecule has 0 fully saturated rings. The van der Waals surface area contributed by atoms with E-state index in [9.17, 15) is 13.2 Å². The van der Waals surface area contributed by atoms with Crippen molar-refractivity contribution in [3.8, 4) is 17.2 Å². The number of sulfonamides is 1. The van der Waals surface area contributed by atoms with Crippen molar-refractivity contribution in [2.24, 2.45) is 0 Å². The predicted octanol–water partition coefficient (Wildman–Crippen LogP) is 4.35. The number of carbonyl (C=O) groups excluding carboxylic acids is 1. The molecule has 0 spiro atoms. The molecule has 174 valence electrons. The van der Waals surface area contributed by atoms with Crippen molar-refractivity contribution in [1.29, 1.82) is 0 Å². The largest absolute Gasteiger partial charge is 0.491 e. The van der Waals surface area contributed by atoms with Crippen LogP contribution in [0.15, 0.2) is 78.9 Å². The first-order valence-corrected chi connectivity index (χ1v) is 12.4. The van der Waals surface area contributed by atoms with Gasteiger partial charge < -0.3 is 14.8 Å². The number of rotatable bonds is 10. The molecule has 8 heteroatoms. The maximum Gasteiger partial charge on any atom is 0.241 e. The third-order valence-electron chi connectivity index (χ3n) is 4.58. The van der Waals surface area contributed by atoms with Crippen molar-refractivity contribution in [3.05, 3.63) is 84.4 Å². The van der Waals surface area contributed by atoms with Crippen LogP contribution in [-0.4, -0.2) is 33.2 Å². The molecule has 0 saturated heterocycles. The maximum absolute atomic E-state index is 12.5. The first-order valence-electron chi connectivity index (χ1n) is 10.5. The van der Waals surface area contributed by atoms with E-state index in [0.717, 1.165) is 21.9 Å². The van der Waals surface area contributed by atoms with Gasteiger partial charge in [-0.1, -0.05) is 30.3 Å². The van der Waals surface area contributed by atoms with Gasteiger partial charge in [0.15, 0.2) is 0 Å². The molecule has 3 aromatic rings. The van der Waals surface area contributed by atoms with Gasteiger partial charge in [-0.05, 0) is 67.9 Å². The molecule has 0 atom stereocenters. The number of para-hydroxylation sites is 1. The van der Waals surface area contributed by atoms with Crippen molar-refractivity contribution in [2.45, 2.75) is 26.5 Å². The minimum atomic E-state index is -3.67. The summed E-state index contributed by atoms with van der Waals surface area (Å²) < 4.78 is 37.1. The van der Waals surface area contributed by atoms with Gasteiger partial charge in [0.2, 0.25) is 15.9 Å². The highest BCUT2D eigenvalue weighted by Crippen LogP contribution is 2.25. The second kappa shape index (κ2) is 10.9. The Morgan fingerprint density at radius 3 is 2.03 bits per heavy atom. The summed E-state index contributed by atoms with van der Waals surface area (Å²) in [5.41, 5.74) is 1.26. The molecule has 1 N–H and O–H groups in total. The lowest BCUT2D eigenvalue weighted by molar-refractivity contribution is -0.119. The zero-order valence-corrected chi connectivity index (χ0v) is 19.7. The minimum Gasteiger partial charge on any atom is -0.491 e. The molecule has 0 saturated carbocycles. The van der Waals surface area contributed by atoms with E-state index in [4.69, 9.17) is 9.47 Å². The highest BCUT2D eigenvalue weighted by Gasteiger charge is 2.21. The average Bonchev–Trinajstić information content (AvgIpc) is 2.77. The molecular formula is C25H28N2O5S. The minimum absolute atomic E-state index is 0.0801. The van der Waals surface area contributed by atoms with Gasteiger partial charge in [0.1, 0.15) is 23.8 Å². The van der Waals surface area contributed by atoms with E-state index in [1.54, 1.807) is 24.3 Å². The molecule has 3 aromatic carbocycles. The molecule has 0 aliphatic rings. The summed E-state index contributed by atoms with van der Waals surface area (Å²) in [7, 11) is -3.67. The molecule has 33 heavy (non-hydrogen) atoms. The van der Waals surface area contributed by atoms with E-state index >= 15 is 0 Å². The Bertz CT molecular complexity index is 1150. The molecule has 0 unspecified atom stereocenters. The standard InChI is InChI=1S/C25H28N2O5S/c1-19(2)31-23-13-9-20(10-14-23)17-26-25(28)18-27(33(3,29)30)21-11-15-24(16-12-21)32-22-7-5-4-6-8-22/h4-16,19H,17-18H2,1-3H3,(H,26,28). The Morgan fingerprint density at radius 2 is 1.45 bits per heavy atom. The van der Waals surface area contributed by atoms with E-state index in [2.05, 4.69) is 5.32 Å². The average molecular weight is 469 g/mol. The maximum atomic E-state index is 12.5. The number of hydrogen-bond acceptors (Lipinski definition) is 5. The quantitative estimate of drug-likeness (QED) is 0.478. The van der Waals surface area contributed by atoms with E-state index in [1.807, 2.05) is 68.4 Å². The van der Waals surface area contributed by atoms with Gasteiger partial charge in [-0.3, -0.25) is 9.10 Å². The number of carbonyl (C=O) groups is 1. The Morgan fingerprint density at radius 1 is 0.879 bits per heavy atom. The molecule has 0 aliphatic heterocycles. The van der Waals surface area contributed by atoms with Gasteiger partial charge in [-0.25, -0.2) is 8.42 Å². The number of hydrogen-bond donors (Lipinski definition) is 1. The lowest BCUT2D eigenvalue weighted by Crippen LogP contribution is -2.40. The summed E-state index contributed by atoms with van der Waals surface area (Å²) in [6.45, 7) is 3.85. The van der Waals surface area contributed by atoms with E-state index < -0.39 is 15.9 Å². The van der Waals surface area contributed by atoms with E-state index in [-0.39, 0.29) is 19.2 Å². The molecule has 0 heterocycles. The van der Waals surface area contributed by atoms with Gasteiger partial charge in [0, 0.05) is 6.54 Å². The Hall–Kier alpha value is -3.52. The van der Waals surface area contributed by atoms with Crippen LogP contribution in [0.2, 0.25) is 0 Å². The number of nitrogens with zero attached hydrogens (tertiary/aromatic N) is 1. The van der Waals surface area contributed by atoms with Crippen LogP contribution >= 0.6 is 0 Å². The molecule has 3 rings (SSSR count). The van der Waals surface area contributed by atoms with Gasteiger partial charge in [0.25, 0.3) is 0 Å². The second-order valence-corrected chi connectivity index (χ2v) is 9.67. The first kappa shape index (κ1) is 24.1. The van der Waals surface area contributed by atoms with Crippen LogP contribution in [0.3, 0.4) is 0 Å². The number of benzene rings is 3. The van der Waals surface area contributed by atoms with Gasteiger partial charge in [-0.15, -0.1) is 0 Å². The monoisotopic (exact) mass is 468 g/mol. The molecule has 0 radical (unpaired) electrons. The number of anilines is 1. The highest BCUT2D eigenvalue weighted by atomic mass is 32.2. The summed E-state index contributed by atoms with van der Waals surface area (Å²) >= 11 is 0. The smallest absolute Gasteiger partial charge is 0.241 e. The van der Waals surface area contributed by atoms with E-state index in [1.165, 1.54) is 0 Å². The van der Waals surface area contributed by atoms with Crippen LogP contribution < -0.4 is 19.1 Å². The molecule has 0 bridgehead atoms. The lowest BCUT2D eigenvalue weighted by Gasteiger charge is -2.22. The normalized spacial score (nSPS) is 11.2. The summed E-state index contributed by atoms with van der Waals surface area (Å²) in [4.78, 5) is 12.5. The number of amides is 1. The van der Waals surface area contributed by atoms with Gasteiger partial charge >= 0.3 is 0 Å². The Labute approximate surface area is 195 Å².